The average molecular weight is 613 g/mol. The van der Waals surface area contributed by atoms with Crippen molar-refractivity contribution in [2.45, 2.75) is 71.5 Å². The van der Waals surface area contributed by atoms with E-state index in [4.69, 9.17) is 19.9 Å². The van der Waals surface area contributed by atoms with Crippen molar-refractivity contribution >= 4 is 11.9 Å². The van der Waals surface area contributed by atoms with E-state index in [-0.39, 0.29) is 25.0 Å². The third kappa shape index (κ3) is 14.8. The summed E-state index contributed by atoms with van der Waals surface area (Å²) in [5.74, 6) is -1.69. The Balaban J connectivity index is 0.000000246. The minimum atomic E-state index is -0.855. The zero-order chi connectivity index (χ0) is 32.3. The molecule has 0 aliphatic rings. The third-order valence-electron chi connectivity index (χ3n) is 6.75. The van der Waals surface area contributed by atoms with Gasteiger partial charge in [-0.3, -0.25) is 19.3 Å². The molecule has 0 fully saturated rings. The number of carbonyl (C=O) groups is 2. The van der Waals surface area contributed by atoms with Crippen molar-refractivity contribution in [2.75, 3.05) is 0 Å². The van der Waals surface area contributed by atoms with Crippen LogP contribution in [0.4, 0.5) is 0 Å². The smallest absolute Gasteiger partial charge is 0.306 e. The molecule has 0 amide bonds. The van der Waals surface area contributed by atoms with Crippen LogP contribution in [0, 0.1) is 0 Å². The maximum Gasteiger partial charge on any atom is 0.306 e. The molecule has 2 N–H and O–H groups in total. The minimum Gasteiger partial charge on any atom is -0.481 e. The Bertz CT molecular complexity index is 1290. The molecular formula is C37H44N2O6. The van der Waals surface area contributed by atoms with Gasteiger partial charge in [0.25, 0.3) is 0 Å². The van der Waals surface area contributed by atoms with Gasteiger partial charge in [0.1, 0.15) is 0 Å². The highest BCUT2D eigenvalue weighted by molar-refractivity contribution is 5.67. The van der Waals surface area contributed by atoms with Gasteiger partial charge in [0.2, 0.25) is 0 Å². The predicted octanol–water partition coefficient (Wildman–Crippen LogP) is 7.36. The van der Waals surface area contributed by atoms with Gasteiger partial charge in [-0.2, -0.15) is 10.1 Å². The lowest BCUT2D eigenvalue weighted by Crippen LogP contribution is -2.30. The molecule has 0 aromatic heterocycles. The van der Waals surface area contributed by atoms with Crippen LogP contribution in [0.5, 0.6) is 0 Å². The van der Waals surface area contributed by atoms with Crippen molar-refractivity contribution in [2.24, 2.45) is 0 Å². The van der Waals surface area contributed by atoms with E-state index in [2.05, 4.69) is 0 Å². The van der Waals surface area contributed by atoms with Gasteiger partial charge >= 0.3 is 11.9 Å². The van der Waals surface area contributed by atoms with Gasteiger partial charge in [-0.25, -0.2) is 0 Å². The molecule has 0 heterocycles. The Hall–Kier alpha value is -4.34. The summed E-state index contributed by atoms with van der Waals surface area (Å²) >= 11 is 0. The zero-order valence-corrected chi connectivity index (χ0v) is 26.1. The summed E-state index contributed by atoms with van der Waals surface area (Å²) in [6.45, 7) is 6.17. The Morgan fingerprint density at radius 2 is 0.867 bits per heavy atom. The van der Waals surface area contributed by atoms with Crippen LogP contribution in [0.25, 0.3) is 0 Å². The molecule has 0 spiro atoms. The second-order valence-corrected chi connectivity index (χ2v) is 10.8. The predicted molar refractivity (Wildman–Crippen MR) is 174 cm³/mol. The Morgan fingerprint density at radius 1 is 0.556 bits per heavy atom. The van der Waals surface area contributed by atoms with Crippen molar-refractivity contribution in [3.8, 4) is 0 Å². The van der Waals surface area contributed by atoms with Gasteiger partial charge in [0.15, 0.2) is 0 Å². The molecule has 0 aliphatic carbocycles. The zero-order valence-electron chi connectivity index (χ0n) is 26.1. The quantitative estimate of drug-likeness (QED) is 0.119. The molecule has 4 aromatic rings. The van der Waals surface area contributed by atoms with Crippen LogP contribution < -0.4 is 0 Å². The fraction of sp³-hybridized carbons (Fsp3) is 0.297. The van der Waals surface area contributed by atoms with Crippen LogP contribution in [0.1, 0.15) is 55.4 Å². The molecule has 0 saturated carbocycles. The molecule has 2 unspecified atom stereocenters. The van der Waals surface area contributed by atoms with Gasteiger partial charge in [-0.05, 0) is 35.6 Å². The van der Waals surface area contributed by atoms with Crippen molar-refractivity contribution < 1.29 is 29.5 Å². The third-order valence-corrected chi connectivity index (χ3v) is 6.75. The van der Waals surface area contributed by atoms with Gasteiger partial charge in [0.05, 0.1) is 25.0 Å². The van der Waals surface area contributed by atoms with E-state index in [1.165, 1.54) is 0 Å². The lowest BCUT2D eigenvalue weighted by atomic mass is 10.2. The van der Waals surface area contributed by atoms with Crippen LogP contribution in [-0.2, 0) is 45.4 Å². The number of hydrogen-bond donors (Lipinski definition) is 2. The molecule has 8 heteroatoms. The van der Waals surface area contributed by atoms with Gasteiger partial charge in [-0.15, -0.1) is 0 Å². The summed E-state index contributed by atoms with van der Waals surface area (Å²) < 4.78 is 0. The molecule has 2 atom stereocenters. The first-order valence-corrected chi connectivity index (χ1v) is 15.2. The van der Waals surface area contributed by atoms with Crippen molar-refractivity contribution in [1.29, 1.82) is 0 Å². The Kier molecular flexibility index (Phi) is 15.5. The topological polar surface area (TPSA) is 99.5 Å². The molecule has 0 saturated heterocycles. The molecule has 238 valence electrons. The second kappa shape index (κ2) is 19.8. The second-order valence-electron chi connectivity index (χ2n) is 10.8. The highest BCUT2D eigenvalue weighted by Crippen LogP contribution is 2.16. The number of hydrogen-bond acceptors (Lipinski definition) is 6. The molecule has 4 rings (SSSR count). The number of carboxylic acids is 2. The molecule has 0 aliphatic heterocycles. The summed E-state index contributed by atoms with van der Waals surface area (Å²) in [5.41, 5.74) is 4.52. The minimum absolute atomic E-state index is 0.0105. The van der Waals surface area contributed by atoms with Gasteiger partial charge in [0, 0.05) is 26.2 Å². The number of benzene rings is 4. The normalized spacial score (nSPS) is 12.3. The first kappa shape index (κ1) is 35.1. The highest BCUT2D eigenvalue weighted by atomic mass is 16.7. The number of hydroxylamine groups is 4. The molecule has 0 bridgehead atoms. The number of carboxylic acid groups (broad SMARTS) is 2. The standard InChI is InChI=1S/C19H23NO3.C18H21NO3/c1-2-18(13-19(21)22)23-20(14-16-9-5-3-6-10-16)15-17-11-7-4-8-12-17;1-15(12-18(20)21)22-19(13-16-8-4-2-5-9-16)14-17-10-6-3-7-11-17/h3-12,18H,2,13-15H2,1H3,(H,21,22);2-11,15H,12-14H2,1H3,(H,20,21). The van der Waals surface area contributed by atoms with E-state index in [1.54, 1.807) is 6.92 Å². The molecule has 0 radical (unpaired) electrons. The maximum atomic E-state index is 11.0. The summed E-state index contributed by atoms with van der Waals surface area (Å²) in [5, 5.41) is 21.6. The fourth-order valence-electron chi connectivity index (χ4n) is 4.61. The van der Waals surface area contributed by atoms with E-state index in [0.29, 0.717) is 32.6 Å². The van der Waals surface area contributed by atoms with Crippen molar-refractivity contribution in [1.82, 2.24) is 10.1 Å². The molecular weight excluding hydrogens is 568 g/mol. The van der Waals surface area contributed by atoms with Crippen LogP contribution in [-0.4, -0.2) is 44.5 Å². The van der Waals surface area contributed by atoms with Crippen LogP contribution in [0.3, 0.4) is 0 Å². The van der Waals surface area contributed by atoms with Crippen molar-refractivity contribution in [3.05, 3.63) is 144 Å². The lowest BCUT2D eigenvalue weighted by Gasteiger charge is -2.26. The lowest BCUT2D eigenvalue weighted by molar-refractivity contribution is -0.215. The monoisotopic (exact) mass is 612 g/mol. The van der Waals surface area contributed by atoms with E-state index >= 15 is 0 Å². The molecule has 8 nitrogen and oxygen atoms in total. The molecule has 4 aromatic carbocycles. The van der Waals surface area contributed by atoms with Crippen LogP contribution >= 0.6 is 0 Å². The summed E-state index contributed by atoms with van der Waals surface area (Å²) in [6.07, 6.45) is -0.0342. The van der Waals surface area contributed by atoms with E-state index in [9.17, 15) is 9.59 Å². The summed E-state index contributed by atoms with van der Waals surface area (Å²) in [6, 6.07) is 40.1. The number of nitrogens with zero attached hydrogens (tertiary/aromatic N) is 2. The molecule has 45 heavy (non-hydrogen) atoms. The summed E-state index contributed by atoms with van der Waals surface area (Å²) in [4.78, 5) is 33.6. The van der Waals surface area contributed by atoms with E-state index in [1.807, 2.05) is 138 Å². The van der Waals surface area contributed by atoms with Gasteiger partial charge < -0.3 is 10.2 Å². The van der Waals surface area contributed by atoms with E-state index in [0.717, 1.165) is 22.3 Å². The average Bonchev–Trinajstić information content (AvgIpc) is 3.02. The Labute approximate surface area is 266 Å². The van der Waals surface area contributed by atoms with Crippen LogP contribution in [0.2, 0.25) is 0 Å². The Morgan fingerprint density at radius 3 is 1.16 bits per heavy atom. The van der Waals surface area contributed by atoms with Crippen LogP contribution in [0.15, 0.2) is 121 Å². The van der Waals surface area contributed by atoms with Gasteiger partial charge in [-0.1, -0.05) is 128 Å². The fourth-order valence-corrected chi connectivity index (χ4v) is 4.61. The highest BCUT2D eigenvalue weighted by Gasteiger charge is 2.18. The largest absolute Gasteiger partial charge is 0.481 e. The number of aliphatic carboxylic acids is 2. The first-order chi connectivity index (χ1) is 21.8. The number of rotatable bonds is 17. The summed E-state index contributed by atoms with van der Waals surface area (Å²) in [7, 11) is 0. The first-order valence-electron chi connectivity index (χ1n) is 15.2. The van der Waals surface area contributed by atoms with E-state index < -0.39 is 11.9 Å². The van der Waals surface area contributed by atoms with Crippen molar-refractivity contribution in [3.63, 3.8) is 0 Å². The SMILES string of the molecule is CC(CC(=O)O)ON(Cc1ccccc1)Cc1ccccc1.CCC(CC(=O)O)ON(Cc1ccccc1)Cc1ccccc1. The maximum absolute atomic E-state index is 11.0.